The zero-order valence-corrected chi connectivity index (χ0v) is 11.1. The van der Waals surface area contributed by atoms with Crippen LogP contribution < -0.4 is 15.4 Å². The Labute approximate surface area is 109 Å². The molecular formula is C15H22N2O. The van der Waals surface area contributed by atoms with Crippen LogP contribution in [0.1, 0.15) is 32.1 Å². The van der Waals surface area contributed by atoms with E-state index in [1.807, 2.05) is 12.1 Å². The third-order valence-corrected chi connectivity index (χ3v) is 4.55. The third-order valence-electron chi connectivity index (χ3n) is 4.55. The van der Waals surface area contributed by atoms with Gasteiger partial charge in [0, 0.05) is 24.2 Å². The van der Waals surface area contributed by atoms with Crippen LogP contribution in [0.4, 0.5) is 11.4 Å². The Balaban J connectivity index is 1.69. The summed E-state index contributed by atoms with van der Waals surface area (Å²) < 4.78 is 5.20. The van der Waals surface area contributed by atoms with Crippen molar-refractivity contribution in [2.24, 2.45) is 5.41 Å². The SMILES string of the molecule is COc1ccc(N2CC3(CCCCC3)C2)cc1N. The molecule has 0 atom stereocenters. The van der Waals surface area contributed by atoms with Crippen LogP contribution in [0.2, 0.25) is 0 Å². The molecule has 1 aliphatic heterocycles. The molecule has 2 aliphatic rings. The molecule has 3 heteroatoms. The average molecular weight is 246 g/mol. The number of anilines is 2. The van der Waals surface area contributed by atoms with Gasteiger partial charge in [0.25, 0.3) is 0 Å². The van der Waals surface area contributed by atoms with Crippen molar-refractivity contribution in [2.75, 3.05) is 30.8 Å². The first-order chi connectivity index (χ1) is 8.72. The molecule has 0 radical (unpaired) electrons. The summed E-state index contributed by atoms with van der Waals surface area (Å²) in [6.07, 6.45) is 7.08. The predicted molar refractivity (Wildman–Crippen MR) is 75.1 cm³/mol. The van der Waals surface area contributed by atoms with Crippen LogP contribution in [0.3, 0.4) is 0 Å². The molecule has 2 N–H and O–H groups in total. The molecule has 98 valence electrons. The summed E-state index contributed by atoms with van der Waals surface area (Å²) in [5, 5.41) is 0. The van der Waals surface area contributed by atoms with Crippen LogP contribution in [0, 0.1) is 5.41 Å². The first-order valence-corrected chi connectivity index (χ1v) is 6.91. The van der Waals surface area contributed by atoms with Gasteiger partial charge in [0.1, 0.15) is 5.75 Å². The molecule has 18 heavy (non-hydrogen) atoms. The van der Waals surface area contributed by atoms with Crippen molar-refractivity contribution in [2.45, 2.75) is 32.1 Å². The summed E-state index contributed by atoms with van der Waals surface area (Å²) in [5.41, 5.74) is 8.56. The molecule has 1 aromatic rings. The number of rotatable bonds is 2. The Morgan fingerprint density at radius 1 is 1.17 bits per heavy atom. The fraction of sp³-hybridized carbons (Fsp3) is 0.600. The monoisotopic (exact) mass is 246 g/mol. The van der Waals surface area contributed by atoms with Crippen LogP contribution in [0.15, 0.2) is 18.2 Å². The van der Waals surface area contributed by atoms with E-state index in [0.29, 0.717) is 5.41 Å². The number of nitrogens with zero attached hydrogens (tertiary/aromatic N) is 1. The number of hydrogen-bond donors (Lipinski definition) is 1. The standard InChI is InChI=1S/C15H22N2O/c1-18-14-6-5-12(9-13(14)16)17-10-15(11-17)7-3-2-4-8-15/h5-6,9H,2-4,7-8,10-11,16H2,1H3. The molecule has 1 aromatic carbocycles. The van der Waals surface area contributed by atoms with Gasteiger partial charge in [-0.05, 0) is 31.0 Å². The highest BCUT2D eigenvalue weighted by Gasteiger charge is 2.43. The topological polar surface area (TPSA) is 38.5 Å². The lowest BCUT2D eigenvalue weighted by atomic mass is 9.68. The van der Waals surface area contributed by atoms with Gasteiger partial charge in [0.2, 0.25) is 0 Å². The molecule has 3 rings (SSSR count). The van der Waals surface area contributed by atoms with Gasteiger partial charge < -0.3 is 15.4 Å². The molecule has 0 amide bonds. The van der Waals surface area contributed by atoms with Gasteiger partial charge in [-0.3, -0.25) is 0 Å². The van der Waals surface area contributed by atoms with Gasteiger partial charge >= 0.3 is 0 Å². The minimum Gasteiger partial charge on any atom is -0.495 e. The number of nitrogen functional groups attached to an aromatic ring is 1. The summed E-state index contributed by atoms with van der Waals surface area (Å²) in [7, 11) is 1.66. The molecule has 1 spiro atoms. The summed E-state index contributed by atoms with van der Waals surface area (Å²) in [4.78, 5) is 2.45. The molecule has 3 nitrogen and oxygen atoms in total. The Bertz CT molecular complexity index is 430. The van der Waals surface area contributed by atoms with Gasteiger partial charge in [-0.1, -0.05) is 19.3 Å². The number of nitrogens with two attached hydrogens (primary N) is 1. The number of ether oxygens (including phenoxy) is 1. The van der Waals surface area contributed by atoms with E-state index in [1.54, 1.807) is 7.11 Å². The molecular weight excluding hydrogens is 224 g/mol. The van der Waals surface area contributed by atoms with Gasteiger partial charge in [0.05, 0.1) is 12.8 Å². The minimum absolute atomic E-state index is 0.618. The highest BCUT2D eigenvalue weighted by atomic mass is 16.5. The normalized spacial score (nSPS) is 21.7. The second-order valence-electron chi connectivity index (χ2n) is 5.84. The molecule has 1 heterocycles. The highest BCUT2D eigenvalue weighted by Crippen LogP contribution is 2.46. The van der Waals surface area contributed by atoms with E-state index in [4.69, 9.17) is 10.5 Å². The smallest absolute Gasteiger partial charge is 0.141 e. The number of methoxy groups -OCH3 is 1. The lowest BCUT2D eigenvalue weighted by molar-refractivity contribution is 0.139. The fourth-order valence-electron chi connectivity index (χ4n) is 3.48. The summed E-state index contributed by atoms with van der Waals surface area (Å²) >= 11 is 0. The maximum Gasteiger partial charge on any atom is 0.141 e. The molecule has 0 unspecified atom stereocenters. The van der Waals surface area contributed by atoms with E-state index in [2.05, 4.69) is 11.0 Å². The summed E-state index contributed by atoms with van der Waals surface area (Å²) in [6.45, 7) is 2.41. The van der Waals surface area contributed by atoms with Gasteiger partial charge in [0.15, 0.2) is 0 Å². The largest absolute Gasteiger partial charge is 0.495 e. The number of hydrogen-bond acceptors (Lipinski definition) is 3. The fourth-order valence-corrected chi connectivity index (χ4v) is 3.48. The Morgan fingerprint density at radius 3 is 2.50 bits per heavy atom. The van der Waals surface area contributed by atoms with E-state index in [9.17, 15) is 0 Å². The van der Waals surface area contributed by atoms with Gasteiger partial charge in [-0.2, -0.15) is 0 Å². The quantitative estimate of drug-likeness (QED) is 0.815. The van der Waals surface area contributed by atoms with Crippen LogP contribution in [-0.4, -0.2) is 20.2 Å². The highest BCUT2D eigenvalue weighted by molar-refractivity contribution is 5.64. The van der Waals surface area contributed by atoms with E-state index in [1.165, 1.54) is 50.9 Å². The Hall–Kier alpha value is -1.38. The zero-order valence-electron chi connectivity index (χ0n) is 11.1. The van der Waals surface area contributed by atoms with Crippen molar-refractivity contribution in [1.29, 1.82) is 0 Å². The zero-order chi connectivity index (χ0) is 12.6. The van der Waals surface area contributed by atoms with Crippen molar-refractivity contribution in [3.05, 3.63) is 18.2 Å². The van der Waals surface area contributed by atoms with Crippen molar-refractivity contribution in [3.8, 4) is 5.75 Å². The van der Waals surface area contributed by atoms with E-state index >= 15 is 0 Å². The van der Waals surface area contributed by atoms with Crippen LogP contribution >= 0.6 is 0 Å². The summed E-state index contributed by atoms with van der Waals surface area (Å²) in [5.74, 6) is 0.770. The van der Waals surface area contributed by atoms with Crippen molar-refractivity contribution < 1.29 is 4.74 Å². The van der Waals surface area contributed by atoms with E-state index < -0.39 is 0 Å². The van der Waals surface area contributed by atoms with E-state index in [-0.39, 0.29) is 0 Å². The lowest BCUT2D eigenvalue weighted by Crippen LogP contribution is -2.57. The van der Waals surface area contributed by atoms with E-state index in [0.717, 1.165) is 11.4 Å². The van der Waals surface area contributed by atoms with Gasteiger partial charge in [-0.15, -0.1) is 0 Å². The molecule has 2 fully saturated rings. The average Bonchev–Trinajstić information content (AvgIpc) is 2.37. The number of benzene rings is 1. The maximum absolute atomic E-state index is 5.97. The van der Waals surface area contributed by atoms with Crippen LogP contribution in [-0.2, 0) is 0 Å². The molecule has 0 bridgehead atoms. The first kappa shape index (κ1) is 11.7. The minimum atomic E-state index is 0.618. The first-order valence-electron chi connectivity index (χ1n) is 6.91. The molecule has 1 saturated carbocycles. The third kappa shape index (κ3) is 1.92. The second kappa shape index (κ2) is 4.38. The van der Waals surface area contributed by atoms with Crippen LogP contribution in [0.5, 0.6) is 5.75 Å². The van der Waals surface area contributed by atoms with Gasteiger partial charge in [-0.25, -0.2) is 0 Å². The van der Waals surface area contributed by atoms with Crippen LogP contribution in [0.25, 0.3) is 0 Å². The maximum atomic E-state index is 5.97. The predicted octanol–water partition coefficient (Wildman–Crippen LogP) is 3.05. The molecule has 0 aromatic heterocycles. The molecule has 1 aliphatic carbocycles. The Morgan fingerprint density at radius 2 is 1.89 bits per heavy atom. The Kier molecular flexibility index (Phi) is 2.84. The van der Waals surface area contributed by atoms with Crippen molar-refractivity contribution in [3.63, 3.8) is 0 Å². The lowest BCUT2D eigenvalue weighted by Gasteiger charge is -2.53. The summed E-state index contributed by atoms with van der Waals surface area (Å²) in [6, 6.07) is 6.12. The molecule has 1 saturated heterocycles. The van der Waals surface area contributed by atoms with Crippen molar-refractivity contribution >= 4 is 11.4 Å². The van der Waals surface area contributed by atoms with Crippen molar-refractivity contribution in [1.82, 2.24) is 0 Å². The second-order valence-corrected chi connectivity index (χ2v) is 5.84.